The minimum absolute atomic E-state index is 0.135. The molecule has 0 spiro atoms. The predicted octanol–water partition coefficient (Wildman–Crippen LogP) is 3.92. The van der Waals surface area contributed by atoms with Crippen molar-refractivity contribution in [2.75, 3.05) is 26.2 Å². The summed E-state index contributed by atoms with van der Waals surface area (Å²) in [5, 5.41) is 8.52. The molecule has 0 amide bonds. The number of hydrogen-bond donors (Lipinski definition) is 0. The van der Waals surface area contributed by atoms with E-state index < -0.39 is 0 Å². The molecule has 2 heterocycles. The van der Waals surface area contributed by atoms with Crippen LogP contribution in [0.2, 0.25) is 0 Å². The van der Waals surface area contributed by atoms with Crippen LogP contribution in [0.25, 0.3) is 11.5 Å². The maximum atomic E-state index is 5.95. The summed E-state index contributed by atoms with van der Waals surface area (Å²) >= 11 is 0. The summed E-state index contributed by atoms with van der Waals surface area (Å²) in [7, 11) is 0. The normalized spacial score (nSPS) is 17.1. The molecule has 4 rings (SSSR count). The molecule has 1 aliphatic rings. The van der Waals surface area contributed by atoms with Gasteiger partial charge in [0.25, 0.3) is 0 Å². The van der Waals surface area contributed by atoms with E-state index in [1.165, 1.54) is 11.1 Å². The molecule has 5 heteroatoms. The van der Waals surface area contributed by atoms with Crippen LogP contribution in [-0.4, -0.2) is 46.2 Å². The van der Waals surface area contributed by atoms with E-state index in [0.717, 1.165) is 38.3 Å². The summed E-state index contributed by atoms with van der Waals surface area (Å²) < 4.78 is 5.95. The van der Waals surface area contributed by atoms with Gasteiger partial charge in [-0.25, -0.2) is 0 Å². The molecule has 0 unspecified atom stereocenters. The zero-order valence-corrected chi connectivity index (χ0v) is 16.0. The van der Waals surface area contributed by atoms with Crippen LogP contribution in [-0.2, 0) is 6.54 Å². The number of aromatic nitrogens is 2. The number of rotatable bonds is 5. The lowest BCUT2D eigenvalue weighted by Crippen LogP contribution is -2.46. The second-order valence-corrected chi connectivity index (χ2v) is 7.23. The van der Waals surface area contributed by atoms with Gasteiger partial charge in [0, 0.05) is 38.3 Å². The Labute approximate surface area is 160 Å². The van der Waals surface area contributed by atoms with E-state index in [1.54, 1.807) is 0 Å². The van der Waals surface area contributed by atoms with Gasteiger partial charge in [-0.3, -0.25) is 9.80 Å². The first kappa shape index (κ1) is 17.9. The van der Waals surface area contributed by atoms with Gasteiger partial charge in [0.15, 0.2) is 0 Å². The number of nitrogens with zero attached hydrogens (tertiary/aromatic N) is 4. The smallest absolute Gasteiger partial charge is 0.247 e. The minimum Gasteiger partial charge on any atom is -0.419 e. The van der Waals surface area contributed by atoms with Gasteiger partial charge < -0.3 is 4.42 Å². The van der Waals surface area contributed by atoms with Crippen molar-refractivity contribution in [3.8, 4) is 11.5 Å². The van der Waals surface area contributed by atoms with Crippen LogP contribution >= 0.6 is 0 Å². The monoisotopic (exact) mass is 362 g/mol. The van der Waals surface area contributed by atoms with Crippen LogP contribution in [0.5, 0.6) is 0 Å². The van der Waals surface area contributed by atoms with Crippen molar-refractivity contribution in [1.29, 1.82) is 0 Å². The molecule has 2 aromatic carbocycles. The van der Waals surface area contributed by atoms with Crippen molar-refractivity contribution in [3.63, 3.8) is 0 Å². The second-order valence-electron chi connectivity index (χ2n) is 7.23. The van der Waals surface area contributed by atoms with E-state index in [2.05, 4.69) is 58.1 Å². The fourth-order valence-electron chi connectivity index (χ4n) is 3.59. The Morgan fingerprint density at radius 1 is 0.926 bits per heavy atom. The van der Waals surface area contributed by atoms with Crippen LogP contribution in [0.4, 0.5) is 0 Å². The zero-order valence-electron chi connectivity index (χ0n) is 16.0. The Kier molecular flexibility index (Phi) is 5.32. The largest absolute Gasteiger partial charge is 0.419 e. The van der Waals surface area contributed by atoms with Crippen molar-refractivity contribution in [3.05, 3.63) is 71.6 Å². The van der Waals surface area contributed by atoms with Gasteiger partial charge in [-0.15, -0.1) is 10.2 Å². The lowest BCUT2D eigenvalue weighted by atomic mass is 10.1. The number of aryl methyl sites for hydroxylation is 1. The van der Waals surface area contributed by atoms with Gasteiger partial charge in [-0.05, 0) is 37.1 Å². The molecule has 1 saturated heterocycles. The quantitative estimate of drug-likeness (QED) is 0.688. The van der Waals surface area contributed by atoms with Crippen molar-refractivity contribution in [1.82, 2.24) is 20.0 Å². The van der Waals surface area contributed by atoms with E-state index in [0.29, 0.717) is 11.8 Å². The fraction of sp³-hybridized carbons (Fsp3) is 0.364. The fourth-order valence-corrected chi connectivity index (χ4v) is 3.59. The van der Waals surface area contributed by atoms with E-state index >= 15 is 0 Å². The third-order valence-corrected chi connectivity index (χ3v) is 5.43. The third-order valence-electron chi connectivity index (χ3n) is 5.43. The summed E-state index contributed by atoms with van der Waals surface area (Å²) in [6, 6.07) is 18.7. The van der Waals surface area contributed by atoms with Crippen LogP contribution < -0.4 is 0 Å². The lowest BCUT2D eigenvalue weighted by Gasteiger charge is -2.37. The zero-order chi connectivity index (χ0) is 18.6. The molecule has 0 bridgehead atoms. The Bertz CT molecular complexity index is 869. The molecule has 0 saturated carbocycles. The number of benzene rings is 2. The molecule has 0 radical (unpaired) electrons. The highest BCUT2D eigenvalue weighted by molar-refractivity contribution is 5.51. The molecule has 5 nitrogen and oxygen atoms in total. The lowest BCUT2D eigenvalue weighted by molar-refractivity contribution is 0.0875. The van der Waals surface area contributed by atoms with Crippen LogP contribution in [0.15, 0.2) is 59.0 Å². The summed E-state index contributed by atoms with van der Waals surface area (Å²) in [5.41, 5.74) is 3.75. The van der Waals surface area contributed by atoms with Gasteiger partial charge in [0.2, 0.25) is 11.8 Å². The maximum absolute atomic E-state index is 5.95. The molecule has 1 atom stereocenters. The Balaban J connectivity index is 1.36. The molecule has 0 N–H and O–H groups in total. The van der Waals surface area contributed by atoms with Gasteiger partial charge >= 0.3 is 0 Å². The van der Waals surface area contributed by atoms with Crippen molar-refractivity contribution in [2.45, 2.75) is 26.4 Å². The summed E-state index contributed by atoms with van der Waals surface area (Å²) in [4.78, 5) is 4.95. The molecule has 27 heavy (non-hydrogen) atoms. The highest BCUT2D eigenvalue weighted by Crippen LogP contribution is 2.25. The first-order chi connectivity index (χ1) is 13.2. The highest BCUT2D eigenvalue weighted by Gasteiger charge is 2.26. The molecule has 1 aromatic heterocycles. The van der Waals surface area contributed by atoms with Crippen LogP contribution in [0, 0.1) is 6.92 Å². The van der Waals surface area contributed by atoms with Crippen molar-refractivity contribution < 1.29 is 4.42 Å². The standard InChI is InChI=1S/C22H26N4O/c1-17-8-6-7-11-20(17)16-25-12-14-26(15-13-25)18(2)21-23-24-22(27-21)19-9-4-3-5-10-19/h3-11,18H,12-16H2,1-2H3/t18-/m0/s1. The summed E-state index contributed by atoms with van der Waals surface area (Å²) in [6.45, 7) is 9.49. The van der Waals surface area contributed by atoms with E-state index in [9.17, 15) is 0 Å². The SMILES string of the molecule is Cc1ccccc1CN1CCN([C@@H](C)c2nnc(-c3ccccc3)o2)CC1. The first-order valence-corrected chi connectivity index (χ1v) is 9.60. The predicted molar refractivity (Wildman–Crippen MR) is 106 cm³/mol. The maximum Gasteiger partial charge on any atom is 0.247 e. The van der Waals surface area contributed by atoms with E-state index in [4.69, 9.17) is 4.42 Å². The molecule has 3 aromatic rings. The number of hydrogen-bond acceptors (Lipinski definition) is 5. The van der Waals surface area contributed by atoms with Gasteiger partial charge in [-0.2, -0.15) is 0 Å². The first-order valence-electron chi connectivity index (χ1n) is 9.60. The topological polar surface area (TPSA) is 45.4 Å². The molecule has 1 fully saturated rings. The van der Waals surface area contributed by atoms with Crippen molar-refractivity contribution in [2.24, 2.45) is 0 Å². The molecule has 1 aliphatic heterocycles. The third kappa shape index (κ3) is 4.10. The molecule has 140 valence electrons. The molecular weight excluding hydrogens is 336 g/mol. The average molecular weight is 362 g/mol. The average Bonchev–Trinajstić information content (AvgIpc) is 3.21. The van der Waals surface area contributed by atoms with E-state index in [-0.39, 0.29) is 6.04 Å². The van der Waals surface area contributed by atoms with Gasteiger partial charge in [0.05, 0.1) is 6.04 Å². The van der Waals surface area contributed by atoms with Gasteiger partial charge in [-0.1, -0.05) is 42.5 Å². The molecule has 0 aliphatic carbocycles. The highest BCUT2D eigenvalue weighted by atomic mass is 16.4. The van der Waals surface area contributed by atoms with Crippen molar-refractivity contribution >= 4 is 0 Å². The molecular formula is C22H26N4O. The van der Waals surface area contributed by atoms with E-state index in [1.807, 2.05) is 30.3 Å². The van der Waals surface area contributed by atoms with Crippen LogP contribution in [0.1, 0.15) is 30.0 Å². The minimum atomic E-state index is 0.135. The van der Waals surface area contributed by atoms with Crippen LogP contribution in [0.3, 0.4) is 0 Å². The second kappa shape index (κ2) is 8.03. The van der Waals surface area contributed by atoms with Gasteiger partial charge in [0.1, 0.15) is 0 Å². The Morgan fingerprint density at radius 3 is 2.37 bits per heavy atom. The summed E-state index contributed by atoms with van der Waals surface area (Å²) in [5.74, 6) is 1.29. The number of piperazine rings is 1. The summed E-state index contributed by atoms with van der Waals surface area (Å²) in [6.07, 6.45) is 0. The Hall–Kier alpha value is -2.50. The Morgan fingerprint density at radius 2 is 1.63 bits per heavy atom.